The fourth-order valence-electron chi connectivity index (χ4n) is 2.74. The highest BCUT2D eigenvalue weighted by atomic mass is 32.2. The number of benzene rings is 1. The van der Waals surface area contributed by atoms with E-state index in [4.69, 9.17) is 4.74 Å². The molecule has 0 spiro atoms. The summed E-state index contributed by atoms with van der Waals surface area (Å²) in [7, 11) is 0. The van der Waals surface area contributed by atoms with E-state index in [9.17, 15) is 0 Å². The maximum absolute atomic E-state index is 5.87. The first-order chi connectivity index (χ1) is 10.3. The largest absolute Gasteiger partial charge is 0.494 e. The molecule has 0 radical (unpaired) electrons. The minimum Gasteiger partial charge on any atom is -0.494 e. The summed E-state index contributed by atoms with van der Waals surface area (Å²) in [5.41, 5.74) is 1.32. The number of para-hydroxylation sites is 1. The first-order valence-electron chi connectivity index (χ1n) is 7.96. The van der Waals surface area contributed by atoms with Crippen LogP contribution in [-0.2, 0) is 0 Å². The maximum Gasteiger partial charge on any atom is 0.124 e. The minimum atomic E-state index is 0.375. The zero-order valence-corrected chi connectivity index (χ0v) is 14.9. The Bertz CT molecular complexity index is 427. The van der Waals surface area contributed by atoms with E-state index < -0.39 is 0 Å². The van der Waals surface area contributed by atoms with Crippen LogP contribution in [0.15, 0.2) is 24.3 Å². The first kappa shape index (κ1) is 17.0. The first-order valence-corrected chi connectivity index (χ1v) is 10.1. The molecule has 21 heavy (non-hydrogen) atoms. The highest BCUT2D eigenvalue weighted by Gasteiger charge is 2.32. The number of nitrogens with one attached hydrogen (secondary N) is 1. The van der Waals surface area contributed by atoms with Gasteiger partial charge in [-0.25, -0.2) is 0 Å². The molecular weight excluding hydrogens is 298 g/mol. The summed E-state index contributed by atoms with van der Waals surface area (Å²) in [6, 6.07) is 8.90. The molecule has 0 amide bonds. The van der Waals surface area contributed by atoms with Crippen molar-refractivity contribution in [3.8, 4) is 5.75 Å². The van der Waals surface area contributed by atoms with Gasteiger partial charge in [0.1, 0.15) is 5.75 Å². The van der Waals surface area contributed by atoms with Gasteiger partial charge in [-0.2, -0.15) is 23.5 Å². The van der Waals surface area contributed by atoms with E-state index in [1.807, 2.05) is 0 Å². The number of hydrogen-bond donors (Lipinski definition) is 1. The molecule has 118 valence electrons. The van der Waals surface area contributed by atoms with E-state index in [1.54, 1.807) is 0 Å². The van der Waals surface area contributed by atoms with Crippen molar-refractivity contribution in [1.29, 1.82) is 0 Å². The number of ether oxygens (including phenoxy) is 1. The van der Waals surface area contributed by atoms with Crippen LogP contribution in [-0.4, -0.2) is 35.2 Å². The molecule has 1 heterocycles. The van der Waals surface area contributed by atoms with Gasteiger partial charge in [-0.05, 0) is 26.0 Å². The number of hydrogen-bond acceptors (Lipinski definition) is 4. The highest BCUT2D eigenvalue weighted by Crippen LogP contribution is 2.40. The average molecular weight is 326 g/mol. The Hall–Kier alpha value is -0.320. The van der Waals surface area contributed by atoms with E-state index in [2.05, 4.69) is 73.9 Å². The SMILES string of the molecule is CCCNC(c1ccccc1OCC)C1SCCSC1C. The number of thioether (sulfide) groups is 2. The molecule has 2 rings (SSSR count). The summed E-state index contributed by atoms with van der Waals surface area (Å²) in [5.74, 6) is 3.56. The molecule has 0 saturated carbocycles. The molecule has 1 fully saturated rings. The fraction of sp³-hybridized carbons (Fsp3) is 0.647. The van der Waals surface area contributed by atoms with Crippen LogP contribution < -0.4 is 10.1 Å². The topological polar surface area (TPSA) is 21.3 Å². The van der Waals surface area contributed by atoms with Crippen molar-refractivity contribution >= 4 is 23.5 Å². The lowest BCUT2D eigenvalue weighted by Crippen LogP contribution is -2.38. The molecular formula is C17H27NOS2. The molecule has 3 atom stereocenters. The quantitative estimate of drug-likeness (QED) is 0.803. The lowest BCUT2D eigenvalue weighted by Gasteiger charge is -2.36. The zero-order chi connectivity index (χ0) is 15.1. The van der Waals surface area contributed by atoms with E-state index in [0.29, 0.717) is 16.5 Å². The van der Waals surface area contributed by atoms with Crippen LogP contribution in [0.1, 0.15) is 38.8 Å². The number of rotatable bonds is 7. The zero-order valence-electron chi connectivity index (χ0n) is 13.3. The van der Waals surface area contributed by atoms with Gasteiger partial charge in [0, 0.05) is 33.6 Å². The fourth-order valence-corrected chi connectivity index (χ4v) is 5.68. The molecule has 1 N–H and O–H groups in total. The molecule has 1 aliphatic rings. The van der Waals surface area contributed by atoms with Crippen molar-refractivity contribution in [2.75, 3.05) is 24.7 Å². The van der Waals surface area contributed by atoms with Crippen LogP contribution in [0.5, 0.6) is 5.75 Å². The normalized spacial score (nSPS) is 23.8. The molecule has 0 aromatic heterocycles. The van der Waals surface area contributed by atoms with Crippen LogP contribution in [0, 0.1) is 0 Å². The van der Waals surface area contributed by atoms with Crippen molar-refractivity contribution in [3.05, 3.63) is 29.8 Å². The van der Waals surface area contributed by atoms with Crippen LogP contribution in [0.25, 0.3) is 0 Å². The van der Waals surface area contributed by atoms with Crippen LogP contribution >= 0.6 is 23.5 Å². The second-order valence-corrected chi connectivity index (χ2v) is 8.09. The van der Waals surface area contributed by atoms with Crippen molar-refractivity contribution in [2.24, 2.45) is 0 Å². The predicted octanol–water partition coefficient (Wildman–Crippen LogP) is 4.36. The summed E-state index contributed by atoms with van der Waals surface area (Å²) in [6.45, 7) is 8.43. The van der Waals surface area contributed by atoms with Gasteiger partial charge in [0.15, 0.2) is 0 Å². The molecule has 4 heteroatoms. The molecule has 0 bridgehead atoms. The van der Waals surface area contributed by atoms with Gasteiger partial charge in [0.2, 0.25) is 0 Å². The van der Waals surface area contributed by atoms with Crippen molar-refractivity contribution in [3.63, 3.8) is 0 Å². The van der Waals surface area contributed by atoms with E-state index in [-0.39, 0.29) is 0 Å². The Labute approximate surface area is 137 Å². The molecule has 2 nitrogen and oxygen atoms in total. The van der Waals surface area contributed by atoms with Gasteiger partial charge >= 0.3 is 0 Å². The third kappa shape index (κ3) is 4.57. The summed E-state index contributed by atoms with van der Waals surface area (Å²) in [6.07, 6.45) is 1.16. The molecule has 0 aliphatic carbocycles. The molecule has 1 saturated heterocycles. The average Bonchev–Trinajstić information content (AvgIpc) is 2.51. The van der Waals surface area contributed by atoms with Gasteiger partial charge < -0.3 is 10.1 Å². The van der Waals surface area contributed by atoms with E-state index in [0.717, 1.165) is 25.3 Å². The molecule has 3 unspecified atom stereocenters. The van der Waals surface area contributed by atoms with E-state index >= 15 is 0 Å². The Balaban J connectivity index is 2.26. The molecule has 1 aromatic carbocycles. The highest BCUT2D eigenvalue weighted by molar-refractivity contribution is 8.07. The van der Waals surface area contributed by atoms with Gasteiger partial charge in [-0.15, -0.1) is 0 Å². The van der Waals surface area contributed by atoms with Crippen molar-refractivity contribution < 1.29 is 4.74 Å². The molecule has 1 aliphatic heterocycles. The van der Waals surface area contributed by atoms with Crippen LogP contribution in [0.4, 0.5) is 0 Å². The Kier molecular flexibility index (Phi) is 7.27. The summed E-state index contributed by atoms with van der Waals surface area (Å²) < 4.78 is 5.87. The van der Waals surface area contributed by atoms with Gasteiger partial charge in [0.05, 0.1) is 6.61 Å². The Morgan fingerprint density at radius 1 is 1.24 bits per heavy atom. The third-order valence-corrected chi connectivity index (χ3v) is 6.93. The Morgan fingerprint density at radius 3 is 2.71 bits per heavy atom. The second-order valence-electron chi connectivity index (χ2n) is 5.31. The summed E-state index contributed by atoms with van der Waals surface area (Å²) in [5, 5.41) is 5.05. The van der Waals surface area contributed by atoms with Crippen molar-refractivity contribution in [1.82, 2.24) is 5.32 Å². The summed E-state index contributed by atoms with van der Waals surface area (Å²) >= 11 is 4.21. The van der Waals surface area contributed by atoms with Crippen LogP contribution in [0.2, 0.25) is 0 Å². The van der Waals surface area contributed by atoms with Gasteiger partial charge in [0.25, 0.3) is 0 Å². The maximum atomic E-state index is 5.87. The minimum absolute atomic E-state index is 0.375. The standard InChI is InChI=1S/C17H27NOS2/c1-4-10-18-16(17-13(3)20-11-12-21-17)14-8-6-7-9-15(14)19-5-2/h6-9,13,16-18H,4-5,10-12H2,1-3H3. The van der Waals surface area contributed by atoms with Crippen molar-refractivity contribution in [2.45, 2.75) is 43.7 Å². The smallest absolute Gasteiger partial charge is 0.124 e. The van der Waals surface area contributed by atoms with E-state index in [1.165, 1.54) is 17.1 Å². The summed E-state index contributed by atoms with van der Waals surface area (Å²) in [4.78, 5) is 0. The third-order valence-electron chi connectivity index (χ3n) is 3.73. The Morgan fingerprint density at radius 2 is 2.00 bits per heavy atom. The molecule has 1 aromatic rings. The lowest BCUT2D eigenvalue weighted by atomic mass is 10.00. The predicted molar refractivity (Wildman–Crippen MR) is 96.8 cm³/mol. The second kappa shape index (κ2) is 8.96. The van der Waals surface area contributed by atoms with Gasteiger partial charge in [-0.3, -0.25) is 0 Å². The van der Waals surface area contributed by atoms with Crippen LogP contribution in [0.3, 0.4) is 0 Å². The van der Waals surface area contributed by atoms with Gasteiger partial charge in [-0.1, -0.05) is 32.0 Å². The lowest BCUT2D eigenvalue weighted by molar-refractivity contribution is 0.330. The monoisotopic (exact) mass is 325 g/mol.